The van der Waals surface area contributed by atoms with Gasteiger partial charge in [0, 0.05) is 54.5 Å². The van der Waals surface area contributed by atoms with E-state index in [0.29, 0.717) is 67.2 Å². The van der Waals surface area contributed by atoms with E-state index >= 15 is 4.39 Å². The van der Waals surface area contributed by atoms with Gasteiger partial charge in [0.05, 0.1) is 6.10 Å². The maximum atomic E-state index is 16.0. The maximum absolute atomic E-state index is 16.0. The highest BCUT2D eigenvalue weighted by Crippen LogP contribution is 2.43. The van der Waals surface area contributed by atoms with E-state index in [1.165, 1.54) is 6.33 Å². The second-order valence-electron chi connectivity index (χ2n) is 9.14. The number of carbonyl (C=O) groups is 1. The van der Waals surface area contributed by atoms with Crippen LogP contribution in [0.15, 0.2) is 36.7 Å². The van der Waals surface area contributed by atoms with Crippen LogP contribution in [0.3, 0.4) is 0 Å². The molecule has 1 amide bonds. The van der Waals surface area contributed by atoms with E-state index in [9.17, 15) is 9.90 Å². The van der Waals surface area contributed by atoms with Gasteiger partial charge in [0.2, 0.25) is 5.91 Å². The summed E-state index contributed by atoms with van der Waals surface area (Å²) in [6.45, 7) is 4.45. The lowest BCUT2D eigenvalue weighted by Crippen LogP contribution is -2.49. The van der Waals surface area contributed by atoms with Gasteiger partial charge in [0.25, 0.3) is 0 Å². The molecule has 5 rings (SSSR count). The van der Waals surface area contributed by atoms with Crippen molar-refractivity contribution in [1.29, 1.82) is 0 Å². The predicted molar refractivity (Wildman–Crippen MR) is 131 cm³/mol. The quantitative estimate of drug-likeness (QED) is 0.600. The van der Waals surface area contributed by atoms with Gasteiger partial charge >= 0.3 is 0 Å². The van der Waals surface area contributed by atoms with Gasteiger partial charge in [0.1, 0.15) is 17.7 Å². The highest BCUT2D eigenvalue weighted by molar-refractivity contribution is 6.32. The Kier molecular flexibility index (Phi) is 6.40. The van der Waals surface area contributed by atoms with Crippen LogP contribution in [-0.4, -0.2) is 58.2 Å². The van der Waals surface area contributed by atoms with E-state index in [4.69, 9.17) is 11.6 Å². The van der Waals surface area contributed by atoms with Gasteiger partial charge in [-0.3, -0.25) is 4.79 Å². The number of aromatic nitrogens is 2. The van der Waals surface area contributed by atoms with Gasteiger partial charge in [-0.1, -0.05) is 42.8 Å². The largest absolute Gasteiger partial charge is 0.393 e. The lowest BCUT2D eigenvalue weighted by atomic mass is 9.77. The molecule has 1 fully saturated rings. The van der Waals surface area contributed by atoms with E-state index in [2.05, 4.69) is 14.9 Å². The monoisotopic (exact) mass is 482 g/mol. The van der Waals surface area contributed by atoms with E-state index in [1.807, 2.05) is 36.1 Å². The van der Waals surface area contributed by atoms with Crippen LogP contribution in [0.2, 0.25) is 5.02 Å². The molecule has 34 heavy (non-hydrogen) atoms. The van der Waals surface area contributed by atoms with Gasteiger partial charge < -0.3 is 14.9 Å². The van der Waals surface area contributed by atoms with Crippen LogP contribution < -0.4 is 4.90 Å². The molecule has 1 aromatic heterocycles. The number of aliphatic hydroxyl groups is 1. The first-order valence-electron chi connectivity index (χ1n) is 11.9. The summed E-state index contributed by atoms with van der Waals surface area (Å²) in [7, 11) is 0. The summed E-state index contributed by atoms with van der Waals surface area (Å²) in [5, 5.41) is 11.3. The number of amides is 1. The van der Waals surface area contributed by atoms with Gasteiger partial charge in [-0.15, -0.1) is 0 Å². The zero-order chi connectivity index (χ0) is 23.8. The second kappa shape index (κ2) is 9.47. The lowest BCUT2D eigenvalue weighted by molar-refractivity contribution is -0.131. The third-order valence-corrected chi connectivity index (χ3v) is 7.29. The lowest BCUT2D eigenvalue weighted by Gasteiger charge is -2.36. The molecular formula is C26H28ClFN4O2. The van der Waals surface area contributed by atoms with Crippen molar-refractivity contribution in [2.75, 3.05) is 31.1 Å². The molecule has 178 valence electrons. The van der Waals surface area contributed by atoms with Crippen molar-refractivity contribution in [2.45, 2.75) is 44.6 Å². The van der Waals surface area contributed by atoms with E-state index in [0.717, 1.165) is 17.5 Å². The zero-order valence-electron chi connectivity index (χ0n) is 19.2. The minimum absolute atomic E-state index is 0.170. The number of anilines is 1. The van der Waals surface area contributed by atoms with Crippen molar-refractivity contribution in [2.24, 2.45) is 0 Å². The number of rotatable bonds is 4. The Morgan fingerprint density at radius 3 is 2.74 bits per heavy atom. The molecule has 8 heteroatoms. The number of hydrogen-bond donors (Lipinski definition) is 1. The highest BCUT2D eigenvalue weighted by Gasteiger charge is 2.32. The molecule has 3 aromatic rings. The molecule has 1 aliphatic heterocycles. The fourth-order valence-corrected chi connectivity index (χ4v) is 5.64. The molecule has 0 saturated carbocycles. The maximum Gasteiger partial charge on any atom is 0.222 e. The van der Waals surface area contributed by atoms with Crippen LogP contribution >= 0.6 is 11.6 Å². The van der Waals surface area contributed by atoms with E-state index in [-0.39, 0.29) is 17.3 Å². The molecule has 2 aromatic carbocycles. The molecule has 1 unspecified atom stereocenters. The van der Waals surface area contributed by atoms with Gasteiger partial charge in [-0.2, -0.15) is 0 Å². The summed E-state index contributed by atoms with van der Waals surface area (Å²) in [5.41, 5.74) is 2.61. The summed E-state index contributed by atoms with van der Waals surface area (Å²) in [6, 6.07) is 9.57. The molecule has 2 heterocycles. The molecule has 1 aliphatic carbocycles. The molecule has 2 aliphatic rings. The topological polar surface area (TPSA) is 69.6 Å². The number of carbonyl (C=O) groups excluding carboxylic acids is 1. The van der Waals surface area contributed by atoms with Gasteiger partial charge in [-0.05, 0) is 36.5 Å². The average Bonchev–Trinajstić information content (AvgIpc) is 2.84. The van der Waals surface area contributed by atoms with Crippen LogP contribution in [-0.2, 0) is 11.2 Å². The van der Waals surface area contributed by atoms with Crippen LogP contribution in [0, 0.1) is 5.82 Å². The number of benzene rings is 2. The first-order chi connectivity index (χ1) is 16.5. The molecule has 0 bridgehead atoms. The Bertz CT molecular complexity index is 1230. The number of fused-ring (bicyclic) bond motifs is 2. The highest BCUT2D eigenvalue weighted by atomic mass is 35.5. The number of aliphatic hydroxyl groups excluding tert-OH is 1. The van der Waals surface area contributed by atoms with Crippen molar-refractivity contribution in [3.8, 4) is 0 Å². The Labute approximate surface area is 203 Å². The summed E-state index contributed by atoms with van der Waals surface area (Å²) >= 11 is 6.72. The predicted octanol–water partition coefficient (Wildman–Crippen LogP) is 4.31. The molecule has 0 spiro atoms. The number of nitrogens with zero attached hydrogens (tertiary/aromatic N) is 4. The molecule has 6 nitrogen and oxygen atoms in total. The molecule has 1 N–H and O–H groups in total. The smallest absolute Gasteiger partial charge is 0.222 e. The molecular weight excluding hydrogens is 455 g/mol. The van der Waals surface area contributed by atoms with Gasteiger partial charge in [-0.25, -0.2) is 14.4 Å². The Morgan fingerprint density at radius 2 is 1.97 bits per heavy atom. The van der Waals surface area contributed by atoms with Crippen LogP contribution in [0.5, 0.6) is 0 Å². The van der Waals surface area contributed by atoms with Gasteiger partial charge in [0.15, 0.2) is 5.82 Å². The first-order valence-corrected chi connectivity index (χ1v) is 12.3. The van der Waals surface area contributed by atoms with Crippen molar-refractivity contribution >= 4 is 34.2 Å². The molecule has 2 atom stereocenters. The standard InChI is InChI=1S/C26H28ClFN4O2/c1-2-5-22(34)31-8-10-32(11-9-31)26-20-14-21(27)23(24(28)25(20)29-15-30-26)19-13-17(33)12-16-6-3-4-7-18(16)19/h3-4,6-7,14-15,17,19,33H,2,5,8-13H2,1H3/t17?,19-/m0/s1. The second-order valence-corrected chi connectivity index (χ2v) is 9.55. The third-order valence-electron chi connectivity index (χ3n) is 6.97. The van der Waals surface area contributed by atoms with Crippen LogP contribution in [0.4, 0.5) is 10.2 Å². The van der Waals surface area contributed by atoms with Crippen molar-refractivity contribution < 1.29 is 14.3 Å². The molecule has 1 saturated heterocycles. The zero-order valence-corrected chi connectivity index (χ0v) is 19.9. The number of hydrogen-bond acceptors (Lipinski definition) is 5. The first kappa shape index (κ1) is 23.0. The summed E-state index contributed by atoms with van der Waals surface area (Å²) in [4.78, 5) is 24.9. The van der Waals surface area contributed by atoms with Crippen LogP contribution in [0.1, 0.15) is 48.8 Å². The average molecular weight is 483 g/mol. The van der Waals surface area contributed by atoms with E-state index in [1.54, 1.807) is 6.07 Å². The minimum Gasteiger partial charge on any atom is -0.393 e. The Morgan fingerprint density at radius 1 is 1.21 bits per heavy atom. The number of halogens is 2. The normalized spacial score (nSPS) is 20.5. The summed E-state index contributed by atoms with van der Waals surface area (Å²) in [6.07, 6.45) is 3.18. The number of piperazine rings is 1. The molecule has 0 radical (unpaired) electrons. The third kappa shape index (κ3) is 4.12. The SMILES string of the molecule is CCCC(=O)N1CCN(c2ncnc3c(F)c([C@H]4CC(O)Cc5ccccc54)c(Cl)cc23)CC1. The van der Waals surface area contributed by atoms with E-state index < -0.39 is 11.9 Å². The Balaban J connectivity index is 1.51. The minimum atomic E-state index is -0.557. The fraction of sp³-hybridized carbons (Fsp3) is 0.423. The van der Waals surface area contributed by atoms with Crippen LogP contribution in [0.25, 0.3) is 10.9 Å². The Hall–Kier alpha value is -2.77. The van der Waals surface area contributed by atoms with Crippen molar-refractivity contribution in [1.82, 2.24) is 14.9 Å². The van der Waals surface area contributed by atoms with Crippen molar-refractivity contribution in [3.05, 3.63) is 64.2 Å². The fourth-order valence-electron chi connectivity index (χ4n) is 5.31. The summed E-state index contributed by atoms with van der Waals surface area (Å²) in [5.74, 6) is -0.00685. The van der Waals surface area contributed by atoms with Crippen molar-refractivity contribution in [3.63, 3.8) is 0 Å². The summed E-state index contributed by atoms with van der Waals surface area (Å²) < 4.78 is 16.0.